The van der Waals surface area contributed by atoms with Gasteiger partial charge in [-0.15, -0.1) is 0 Å². The van der Waals surface area contributed by atoms with Crippen LogP contribution in [-0.4, -0.2) is 50.1 Å². The molecular weight excluding hydrogens is 341 g/mol. The Hall–Kier alpha value is -2.56. The summed E-state index contributed by atoms with van der Waals surface area (Å²) < 4.78 is 14.0. The summed E-state index contributed by atoms with van der Waals surface area (Å²) in [6.45, 7) is 6.08. The third-order valence-electron chi connectivity index (χ3n) is 5.60. The van der Waals surface area contributed by atoms with E-state index in [-0.39, 0.29) is 11.7 Å². The molecule has 2 aromatic carbocycles. The SMILES string of the molecule is Cc1ccc2c(c1)CCCN2CC(=O)N1CCN(c2ccccc2F)CC1. The lowest BCUT2D eigenvalue weighted by molar-refractivity contribution is -0.130. The van der Waals surface area contributed by atoms with Crippen molar-refractivity contribution in [3.8, 4) is 0 Å². The van der Waals surface area contributed by atoms with E-state index in [0.717, 1.165) is 19.4 Å². The van der Waals surface area contributed by atoms with E-state index < -0.39 is 0 Å². The standard InChI is InChI=1S/C22H26FN3O/c1-17-8-9-20-18(15-17)5-4-10-26(20)16-22(27)25-13-11-24(12-14-25)21-7-3-2-6-19(21)23/h2-3,6-9,15H,4-5,10-14,16H2,1H3. The van der Waals surface area contributed by atoms with Gasteiger partial charge in [-0.05, 0) is 43.5 Å². The molecule has 1 fully saturated rings. The van der Waals surface area contributed by atoms with Crippen LogP contribution in [0.4, 0.5) is 15.8 Å². The molecule has 0 radical (unpaired) electrons. The van der Waals surface area contributed by atoms with Crippen LogP contribution >= 0.6 is 0 Å². The first-order valence-electron chi connectivity index (χ1n) is 9.73. The summed E-state index contributed by atoms with van der Waals surface area (Å²) in [6, 6.07) is 13.4. The monoisotopic (exact) mass is 367 g/mol. The summed E-state index contributed by atoms with van der Waals surface area (Å²) >= 11 is 0. The van der Waals surface area contributed by atoms with Crippen LogP contribution in [0.2, 0.25) is 0 Å². The molecule has 2 heterocycles. The molecule has 1 saturated heterocycles. The Morgan fingerprint density at radius 3 is 2.56 bits per heavy atom. The highest BCUT2D eigenvalue weighted by Gasteiger charge is 2.25. The lowest BCUT2D eigenvalue weighted by Gasteiger charge is -2.38. The van der Waals surface area contributed by atoms with E-state index in [2.05, 4.69) is 30.0 Å². The van der Waals surface area contributed by atoms with Crippen LogP contribution in [0.3, 0.4) is 0 Å². The molecule has 0 saturated carbocycles. The average molecular weight is 367 g/mol. The highest BCUT2D eigenvalue weighted by atomic mass is 19.1. The summed E-state index contributed by atoms with van der Waals surface area (Å²) in [5, 5.41) is 0. The number of aryl methyl sites for hydroxylation is 2. The summed E-state index contributed by atoms with van der Waals surface area (Å²) in [5.41, 5.74) is 4.44. The van der Waals surface area contributed by atoms with Gasteiger partial charge in [0.1, 0.15) is 5.82 Å². The molecule has 4 rings (SSSR count). The number of nitrogens with zero attached hydrogens (tertiary/aromatic N) is 3. The lowest BCUT2D eigenvalue weighted by Crippen LogP contribution is -2.52. The van der Waals surface area contributed by atoms with E-state index in [9.17, 15) is 9.18 Å². The van der Waals surface area contributed by atoms with E-state index in [1.165, 1.54) is 22.9 Å². The molecule has 27 heavy (non-hydrogen) atoms. The molecule has 2 aliphatic rings. The highest BCUT2D eigenvalue weighted by Crippen LogP contribution is 2.28. The molecule has 2 aliphatic heterocycles. The van der Waals surface area contributed by atoms with E-state index in [0.29, 0.717) is 38.4 Å². The molecule has 0 unspecified atom stereocenters. The second kappa shape index (κ2) is 7.59. The zero-order valence-corrected chi connectivity index (χ0v) is 15.8. The van der Waals surface area contributed by atoms with Gasteiger partial charge in [0.2, 0.25) is 5.91 Å². The van der Waals surface area contributed by atoms with E-state index >= 15 is 0 Å². The van der Waals surface area contributed by atoms with Gasteiger partial charge in [-0.1, -0.05) is 29.8 Å². The van der Waals surface area contributed by atoms with Crippen LogP contribution in [0.15, 0.2) is 42.5 Å². The maximum absolute atomic E-state index is 14.0. The summed E-state index contributed by atoms with van der Waals surface area (Å²) in [4.78, 5) is 19.0. The first kappa shape index (κ1) is 17.8. The minimum absolute atomic E-state index is 0.164. The van der Waals surface area contributed by atoms with E-state index in [4.69, 9.17) is 0 Å². The topological polar surface area (TPSA) is 26.8 Å². The molecule has 0 N–H and O–H groups in total. The Morgan fingerprint density at radius 2 is 1.78 bits per heavy atom. The minimum atomic E-state index is -0.197. The number of halogens is 1. The fraction of sp³-hybridized carbons (Fsp3) is 0.409. The number of carbonyl (C=O) groups excluding carboxylic acids is 1. The van der Waals surface area contributed by atoms with Gasteiger partial charge in [0, 0.05) is 38.4 Å². The molecule has 5 heteroatoms. The van der Waals surface area contributed by atoms with Crippen molar-refractivity contribution in [2.24, 2.45) is 0 Å². The van der Waals surface area contributed by atoms with Crippen molar-refractivity contribution >= 4 is 17.3 Å². The number of rotatable bonds is 3. The number of benzene rings is 2. The van der Waals surface area contributed by atoms with Crippen molar-refractivity contribution in [1.29, 1.82) is 0 Å². The third kappa shape index (κ3) is 3.77. The molecule has 0 bridgehead atoms. The lowest BCUT2D eigenvalue weighted by atomic mass is 9.99. The van der Waals surface area contributed by atoms with Gasteiger partial charge in [0.15, 0.2) is 0 Å². The second-order valence-electron chi connectivity index (χ2n) is 7.48. The predicted octanol–water partition coefficient (Wildman–Crippen LogP) is 3.24. The van der Waals surface area contributed by atoms with Gasteiger partial charge in [-0.3, -0.25) is 4.79 Å². The van der Waals surface area contributed by atoms with Crippen LogP contribution in [0.1, 0.15) is 17.5 Å². The van der Waals surface area contributed by atoms with Crippen LogP contribution in [0.25, 0.3) is 0 Å². The number of fused-ring (bicyclic) bond motifs is 1. The van der Waals surface area contributed by atoms with Gasteiger partial charge in [0.05, 0.1) is 12.2 Å². The van der Waals surface area contributed by atoms with Crippen molar-refractivity contribution in [2.45, 2.75) is 19.8 Å². The van der Waals surface area contributed by atoms with E-state index in [1.807, 2.05) is 15.9 Å². The molecular formula is C22H26FN3O. The predicted molar refractivity (Wildman–Crippen MR) is 107 cm³/mol. The number of hydrogen-bond donors (Lipinski definition) is 0. The van der Waals surface area contributed by atoms with Gasteiger partial charge in [-0.2, -0.15) is 0 Å². The summed E-state index contributed by atoms with van der Waals surface area (Å²) in [5.74, 6) is -0.0332. The Kier molecular flexibility index (Phi) is 5.01. The fourth-order valence-electron chi connectivity index (χ4n) is 4.14. The van der Waals surface area contributed by atoms with Gasteiger partial charge in [-0.25, -0.2) is 4.39 Å². The quantitative estimate of drug-likeness (QED) is 0.833. The largest absolute Gasteiger partial charge is 0.366 e. The maximum atomic E-state index is 14.0. The Bertz CT molecular complexity index is 830. The summed E-state index contributed by atoms with van der Waals surface area (Å²) in [7, 11) is 0. The number of carbonyl (C=O) groups is 1. The highest BCUT2D eigenvalue weighted by molar-refractivity contribution is 5.82. The Labute approximate surface area is 160 Å². The molecule has 0 atom stereocenters. The van der Waals surface area contributed by atoms with Crippen molar-refractivity contribution in [3.63, 3.8) is 0 Å². The van der Waals surface area contributed by atoms with Crippen LogP contribution < -0.4 is 9.80 Å². The first-order valence-corrected chi connectivity index (χ1v) is 9.73. The zero-order valence-electron chi connectivity index (χ0n) is 15.8. The normalized spacial score (nSPS) is 17.0. The molecule has 0 aliphatic carbocycles. The van der Waals surface area contributed by atoms with Crippen LogP contribution in [0, 0.1) is 12.7 Å². The van der Waals surface area contributed by atoms with Crippen LogP contribution in [-0.2, 0) is 11.2 Å². The third-order valence-corrected chi connectivity index (χ3v) is 5.60. The molecule has 0 spiro atoms. The van der Waals surface area contributed by atoms with Crippen molar-refractivity contribution in [1.82, 2.24) is 4.90 Å². The van der Waals surface area contributed by atoms with Crippen molar-refractivity contribution in [2.75, 3.05) is 49.1 Å². The number of piperazine rings is 1. The fourth-order valence-corrected chi connectivity index (χ4v) is 4.14. The molecule has 1 amide bonds. The van der Waals surface area contributed by atoms with Gasteiger partial charge < -0.3 is 14.7 Å². The average Bonchev–Trinajstić information content (AvgIpc) is 2.68. The Balaban J connectivity index is 1.38. The van der Waals surface area contributed by atoms with Crippen LogP contribution in [0.5, 0.6) is 0 Å². The smallest absolute Gasteiger partial charge is 0.242 e. The number of amides is 1. The number of para-hydroxylation sites is 1. The van der Waals surface area contributed by atoms with Crippen molar-refractivity contribution < 1.29 is 9.18 Å². The van der Waals surface area contributed by atoms with Gasteiger partial charge in [0.25, 0.3) is 0 Å². The van der Waals surface area contributed by atoms with E-state index in [1.54, 1.807) is 12.1 Å². The van der Waals surface area contributed by atoms with Crippen molar-refractivity contribution in [3.05, 3.63) is 59.4 Å². The minimum Gasteiger partial charge on any atom is -0.366 e. The molecule has 2 aromatic rings. The number of hydrogen-bond acceptors (Lipinski definition) is 3. The molecule has 142 valence electrons. The second-order valence-corrected chi connectivity index (χ2v) is 7.48. The zero-order chi connectivity index (χ0) is 18.8. The molecule has 4 nitrogen and oxygen atoms in total. The maximum Gasteiger partial charge on any atom is 0.242 e. The number of anilines is 2. The Morgan fingerprint density at radius 1 is 1.00 bits per heavy atom. The molecule has 0 aromatic heterocycles. The summed E-state index contributed by atoms with van der Waals surface area (Å²) in [6.07, 6.45) is 2.17. The van der Waals surface area contributed by atoms with Gasteiger partial charge >= 0.3 is 0 Å². The first-order chi connectivity index (χ1) is 13.1.